The van der Waals surface area contributed by atoms with Crippen LogP contribution < -0.4 is 24.8 Å². The first-order chi connectivity index (χ1) is 18.4. The molecule has 0 fully saturated rings. The average molecular weight is 657 g/mol. The van der Waals surface area contributed by atoms with Crippen molar-refractivity contribution in [3.8, 4) is 0 Å². The van der Waals surface area contributed by atoms with Gasteiger partial charge in [-0.25, -0.2) is 11.6 Å². The van der Waals surface area contributed by atoms with Crippen LogP contribution in [0.25, 0.3) is 33.7 Å². The van der Waals surface area contributed by atoms with Crippen LogP contribution in [0.3, 0.4) is 0 Å². The first-order valence-corrected chi connectivity index (χ1v) is 15.2. The van der Waals surface area contributed by atoms with Gasteiger partial charge in [0.1, 0.15) is 0 Å². The van der Waals surface area contributed by atoms with E-state index in [9.17, 15) is 0 Å². The van der Waals surface area contributed by atoms with Crippen molar-refractivity contribution in [1.29, 1.82) is 0 Å². The summed E-state index contributed by atoms with van der Waals surface area (Å²) in [5.41, 5.74) is 8.68. The van der Waals surface area contributed by atoms with E-state index in [1.54, 1.807) is 0 Å². The van der Waals surface area contributed by atoms with E-state index >= 15 is 0 Å². The Bertz CT molecular complexity index is 1610. The van der Waals surface area contributed by atoms with Crippen molar-refractivity contribution in [3.05, 3.63) is 124 Å². The fraction of sp³-hybridized carbons (Fsp3) is 0.263. The van der Waals surface area contributed by atoms with Crippen molar-refractivity contribution >= 4 is 36.9 Å². The zero-order chi connectivity index (χ0) is 27.9. The van der Waals surface area contributed by atoms with Gasteiger partial charge in [-0.3, -0.25) is 6.08 Å². The molecule has 4 aromatic rings. The number of hydrogen-bond donors (Lipinski definition) is 0. The first kappa shape index (κ1) is 33.3. The van der Waals surface area contributed by atoms with Crippen molar-refractivity contribution < 1.29 is 49.0 Å². The molecule has 0 radical (unpaired) electrons. The van der Waals surface area contributed by atoms with Crippen LogP contribution >= 0.6 is 0 Å². The van der Waals surface area contributed by atoms with Gasteiger partial charge in [0.25, 0.3) is 0 Å². The summed E-state index contributed by atoms with van der Waals surface area (Å²) in [4.78, 5) is 0. The molecule has 0 aromatic heterocycles. The van der Waals surface area contributed by atoms with Gasteiger partial charge in [-0.15, -0.1) is 46.7 Å². The summed E-state index contributed by atoms with van der Waals surface area (Å²) in [5.74, 6) is 0.556. The minimum absolute atomic E-state index is 0. The Morgan fingerprint density at radius 1 is 0.805 bits per heavy atom. The van der Waals surface area contributed by atoms with E-state index in [2.05, 4.69) is 140 Å². The van der Waals surface area contributed by atoms with Crippen molar-refractivity contribution in [1.82, 2.24) is 0 Å². The Kier molecular flexibility index (Phi) is 10.6. The summed E-state index contributed by atoms with van der Waals surface area (Å²) in [6, 6.07) is 22.4. The number of benzene rings is 3. The van der Waals surface area contributed by atoms with Crippen LogP contribution in [-0.4, -0.2) is 3.21 Å². The molecule has 0 aliphatic heterocycles. The molecule has 4 aromatic carbocycles. The molecule has 210 valence electrons. The molecule has 41 heavy (non-hydrogen) atoms. The maximum Gasteiger partial charge on any atom is -1.00 e. The van der Waals surface area contributed by atoms with E-state index in [0.29, 0.717) is 5.92 Å². The Hall–Kier alpha value is -2.18. The fourth-order valence-electron chi connectivity index (χ4n) is 5.75. The van der Waals surface area contributed by atoms with Gasteiger partial charge in [-0.05, 0) is 11.1 Å². The molecule has 0 bridgehead atoms. The monoisotopic (exact) mass is 654 g/mol. The molecule has 3 aliphatic carbocycles. The molecule has 0 N–H and O–H groups in total. The van der Waals surface area contributed by atoms with E-state index in [1.165, 1.54) is 82.4 Å². The summed E-state index contributed by atoms with van der Waals surface area (Å²) in [5, 5.41) is 5.53. The number of rotatable bonds is 1. The molecular weight excluding hydrogens is 619 g/mol. The molecule has 1 unspecified atom stereocenters. The standard InChI is InChI=1S/C23H21.C8H8.C7H9.2ClH.Zr/c1-22(2)7-5-14-10-18-16(12-20(14)22)9-17-13-21-15(11-19(17)18)6-8-23(21,3)4;1-2-8-6-4-3-5-7-8;1-6-3-4-7(2)5-6;;;/h5-13H,1-4H3;3-7H,1H3;3,5,7H,1-2H3;2*1H;/q-1;;-1;;;+2/p-2. The SMILES string of the molecule is CC1(C)C=Cc2cc3c(cc21)[cH-]c1cc2c(cc13)C=CC2(C)C.CC1=CC(C)[C-]=C1.C[C](=[Zr+2])c1ccccc1.[Cl-].[Cl-]. The zero-order valence-corrected chi connectivity index (χ0v) is 29.0. The van der Waals surface area contributed by atoms with Crippen LogP contribution in [0.5, 0.6) is 0 Å². The fourth-order valence-corrected chi connectivity index (χ4v) is 6.16. The van der Waals surface area contributed by atoms with Gasteiger partial charge < -0.3 is 24.8 Å². The molecule has 0 nitrogen and oxygen atoms in total. The summed E-state index contributed by atoms with van der Waals surface area (Å²) in [7, 11) is 0. The van der Waals surface area contributed by atoms with E-state index in [4.69, 9.17) is 0 Å². The molecule has 3 aliphatic rings. The van der Waals surface area contributed by atoms with Crippen LogP contribution in [0.1, 0.15) is 76.3 Å². The van der Waals surface area contributed by atoms with Gasteiger partial charge >= 0.3 is 70.3 Å². The minimum Gasteiger partial charge on any atom is -1.00 e. The molecule has 7 rings (SSSR count). The molecule has 0 saturated carbocycles. The van der Waals surface area contributed by atoms with Gasteiger partial charge in [0.2, 0.25) is 0 Å². The van der Waals surface area contributed by atoms with E-state index in [0.717, 1.165) is 0 Å². The molecule has 3 heteroatoms. The van der Waals surface area contributed by atoms with Crippen LogP contribution in [0, 0.1) is 12.0 Å². The number of hydrogen-bond acceptors (Lipinski definition) is 0. The molecule has 0 spiro atoms. The normalized spacial score (nSPS) is 17.9. The second-order valence-corrected chi connectivity index (χ2v) is 14.2. The number of fused-ring (bicyclic) bond motifs is 5. The van der Waals surface area contributed by atoms with Gasteiger partial charge in [0.05, 0.1) is 0 Å². The van der Waals surface area contributed by atoms with Crippen LogP contribution in [0.15, 0.2) is 90.5 Å². The van der Waals surface area contributed by atoms with Crippen molar-refractivity contribution in [3.63, 3.8) is 0 Å². The smallest absolute Gasteiger partial charge is 1.00 e. The third-order valence-corrected chi connectivity index (χ3v) is 8.80. The number of allylic oxidation sites excluding steroid dienone is 6. The predicted octanol–water partition coefficient (Wildman–Crippen LogP) is 4.04. The maximum atomic E-state index is 3.15. The molecular formula is C38H38Cl2Zr-2. The van der Waals surface area contributed by atoms with Crippen molar-refractivity contribution in [2.24, 2.45) is 5.92 Å². The second kappa shape index (κ2) is 13.0. The Morgan fingerprint density at radius 2 is 1.29 bits per heavy atom. The first-order valence-electron chi connectivity index (χ1n) is 13.9. The van der Waals surface area contributed by atoms with Gasteiger partial charge in [0.15, 0.2) is 0 Å². The third-order valence-electron chi connectivity index (χ3n) is 8.09. The van der Waals surface area contributed by atoms with Crippen molar-refractivity contribution in [2.75, 3.05) is 0 Å². The third kappa shape index (κ3) is 7.08. The average Bonchev–Trinajstić information content (AvgIpc) is 3.62. The molecule has 0 saturated heterocycles. The minimum atomic E-state index is 0. The van der Waals surface area contributed by atoms with Crippen molar-refractivity contribution in [2.45, 2.75) is 59.3 Å². The summed E-state index contributed by atoms with van der Waals surface area (Å²) in [6.07, 6.45) is 16.6. The summed E-state index contributed by atoms with van der Waals surface area (Å²) < 4.78 is 1.46. The predicted molar refractivity (Wildman–Crippen MR) is 168 cm³/mol. The van der Waals surface area contributed by atoms with Gasteiger partial charge in [-0.1, -0.05) is 88.1 Å². The quantitative estimate of drug-likeness (QED) is 0.272. The van der Waals surface area contributed by atoms with Crippen LogP contribution in [-0.2, 0) is 35.1 Å². The van der Waals surface area contributed by atoms with Gasteiger partial charge in [0, 0.05) is 10.8 Å². The Morgan fingerprint density at radius 3 is 1.63 bits per heavy atom. The molecule has 1 atom stereocenters. The Balaban J connectivity index is 0.000000214. The second-order valence-electron chi connectivity index (χ2n) is 12.3. The Labute approximate surface area is 273 Å². The molecule has 0 amide bonds. The summed E-state index contributed by atoms with van der Waals surface area (Å²) >= 11 is 1.51. The van der Waals surface area contributed by atoms with E-state index in [-0.39, 0.29) is 35.6 Å². The number of halogens is 2. The largest absolute Gasteiger partial charge is 1.00 e. The zero-order valence-electron chi connectivity index (χ0n) is 25.1. The van der Waals surface area contributed by atoms with Gasteiger partial charge in [-0.2, -0.15) is 6.08 Å². The van der Waals surface area contributed by atoms with Crippen LogP contribution in [0.4, 0.5) is 0 Å². The van der Waals surface area contributed by atoms with E-state index < -0.39 is 0 Å². The van der Waals surface area contributed by atoms with Crippen LogP contribution in [0.2, 0.25) is 0 Å². The maximum absolute atomic E-state index is 3.15. The van der Waals surface area contributed by atoms with E-state index in [1.807, 2.05) is 12.1 Å². The topological polar surface area (TPSA) is 0 Å². The molecule has 0 heterocycles. The summed E-state index contributed by atoms with van der Waals surface area (Å²) in [6.45, 7) is 15.6.